The van der Waals surface area contributed by atoms with Crippen LogP contribution in [0.15, 0.2) is 0 Å². The molecule has 0 radical (unpaired) electrons. The Morgan fingerprint density at radius 1 is 1.38 bits per heavy atom. The van der Waals surface area contributed by atoms with E-state index in [9.17, 15) is 22.8 Å². The van der Waals surface area contributed by atoms with Crippen LogP contribution in [0.4, 0.5) is 13.2 Å². The number of rotatable bonds is 5. The molecule has 2 fully saturated rings. The first-order valence-corrected chi connectivity index (χ1v) is 7.21. The number of hydrogen-bond acceptors (Lipinski definition) is 3. The number of likely N-dealkylation sites (tertiary alicyclic amines) is 1. The van der Waals surface area contributed by atoms with Crippen molar-refractivity contribution in [1.82, 2.24) is 15.5 Å². The molecule has 0 aliphatic carbocycles. The van der Waals surface area contributed by atoms with Crippen LogP contribution in [0, 0.1) is 5.92 Å². The quantitative estimate of drug-likeness (QED) is 0.784. The van der Waals surface area contributed by atoms with Gasteiger partial charge in [0.15, 0.2) is 0 Å². The van der Waals surface area contributed by atoms with Crippen LogP contribution in [-0.2, 0) is 9.59 Å². The summed E-state index contributed by atoms with van der Waals surface area (Å²) >= 11 is 0. The fraction of sp³-hybridized carbons (Fsp3) is 0.846. The highest BCUT2D eigenvalue weighted by Gasteiger charge is 2.39. The average Bonchev–Trinajstić information content (AvgIpc) is 3.00. The van der Waals surface area contributed by atoms with E-state index in [0.29, 0.717) is 12.3 Å². The van der Waals surface area contributed by atoms with Gasteiger partial charge in [0.2, 0.25) is 11.8 Å². The predicted octanol–water partition coefficient (Wildman–Crippen LogP) is 0.655. The van der Waals surface area contributed by atoms with Crippen LogP contribution >= 0.6 is 0 Å². The van der Waals surface area contributed by atoms with Crippen molar-refractivity contribution in [1.29, 1.82) is 0 Å². The maximum atomic E-state index is 12.3. The van der Waals surface area contributed by atoms with Gasteiger partial charge in [0.25, 0.3) is 0 Å². The second kappa shape index (κ2) is 6.64. The minimum Gasteiger partial charge on any atom is -0.344 e. The van der Waals surface area contributed by atoms with E-state index in [0.717, 1.165) is 30.8 Å². The van der Waals surface area contributed by atoms with Gasteiger partial charge in [-0.2, -0.15) is 13.2 Å². The van der Waals surface area contributed by atoms with E-state index < -0.39 is 24.7 Å². The summed E-state index contributed by atoms with van der Waals surface area (Å²) in [6.07, 6.45) is -2.06. The second-order valence-corrected chi connectivity index (χ2v) is 5.68. The zero-order chi connectivity index (χ0) is 15.5. The molecular weight excluding hydrogens is 287 g/mol. The molecule has 2 heterocycles. The van der Waals surface area contributed by atoms with Crippen molar-refractivity contribution in [3.05, 3.63) is 0 Å². The Hall–Kier alpha value is -1.31. The Kier molecular flexibility index (Phi) is 5.08. The minimum atomic E-state index is -4.40. The average molecular weight is 307 g/mol. The maximum absolute atomic E-state index is 12.3. The molecule has 2 unspecified atom stereocenters. The first-order chi connectivity index (χ1) is 9.85. The lowest BCUT2D eigenvalue weighted by Gasteiger charge is -2.18. The van der Waals surface area contributed by atoms with E-state index in [2.05, 4.69) is 10.6 Å². The molecule has 0 saturated carbocycles. The van der Waals surface area contributed by atoms with Gasteiger partial charge in [0.05, 0.1) is 0 Å². The maximum Gasteiger partial charge on any atom is 0.406 e. The fourth-order valence-electron chi connectivity index (χ4n) is 2.81. The largest absolute Gasteiger partial charge is 0.406 e. The van der Waals surface area contributed by atoms with E-state index in [-0.39, 0.29) is 18.9 Å². The SMILES string of the molecule is O=C(CCC1CCNC1)NC1CCN(CC(F)(F)F)C1=O. The van der Waals surface area contributed by atoms with Crippen molar-refractivity contribution in [2.24, 2.45) is 5.92 Å². The number of nitrogens with one attached hydrogen (secondary N) is 2. The van der Waals surface area contributed by atoms with Crippen molar-refractivity contribution < 1.29 is 22.8 Å². The third-order valence-corrected chi connectivity index (χ3v) is 3.94. The fourth-order valence-corrected chi connectivity index (χ4v) is 2.81. The Morgan fingerprint density at radius 3 is 2.76 bits per heavy atom. The molecule has 2 aliphatic heterocycles. The first-order valence-electron chi connectivity index (χ1n) is 7.21. The van der Waals surface area contributed by atoms with Crippen LogP contribution < -0.4 is 10.6 Å². The number of carbonyl (C=O) groups excluding carboxylic acids is 2. The molecule has 2 rings (SSSR count). The van der Waals surface area contributed by atoms with Gasteiger partial charge in [-0.3, -0.25) is 9.59 Å². The number of halogens is 3. The number of nitrogens with zero attached hydrogens (tertiary/aromatic N) is 1. The van der Waals surface area contributed by atoms with Gasteiger partial charge < -0.3 is 15.5 Å². The van der Waals surface area contributed by atoms with Gasteiger partial charge >= 0.3 is 6.18 Å². The zero-order valence-electron chi connectivity index (χ0n) is 11.7. The molecule has 0 spiro atoms. The van der Waals surface area contributed by atoms with E-state index in [1.807, 2.05) is 0 Å². The van der Waals surface area contributed by atoms with E-state index in [1.54, 1.807) is 0 Å². The van der Waals surface area contributed by atoms with Gasteiger partial charge in [-0.25, -0.2) is 0 Å². The van der Waals surface area contributed by atoms with Crippen molar-refractivity contribution in [3.8, 4) is 0 Å². The predicted molar refractivity (Wildman–Crippen MR) is 69.4 cm³/mol. The molecule has 2 saturated heterocycles. The topological polar surface area (TPSA) is 61.4 Å². The van der Waals surface area contributed by atoms with E-state index in [1.165, 1.54) is 0 Å². The van der Waals surface area contributed by atoms with Gasteiger partial charge in [-0.1, -0.05) is 0 Å². The van der Waals surface area contributed by atoms with Crippen LogP contribution in [0.5, 0.6) is 0 Å². The van der Waals surface area contributed by atoms with Crippen molar-refractivity contribution in [2.75, 3.05) is 26.2 Å². The molecule has 0 aromatic heterocycles. The molecule has 0 aromatic carbocycles. The molecular formula is C13H20F3N3O2. The Labute approximate surface area is 121 Å². The summed E-state index contributed by atoms with van der Waals surface area (Å²) in [4.78, 5) is 24.3. The molecule has 2 aliphatic rings. The summed E-state index contributed by atoms with van der Waals surface area (Å²) in [6, 6.07) is -0.804. The van der Waals surface area contributed by atoms with Gasteiger partial charge in [0, 0.05) is 13.0 Å². The lowest BCUT2D eigenvalue weighted by atomic mass is 10.0. The summed E-state index contributed by atoms with van der Waals surface area (Å²) < 4.78 is 36.8. The molecule has 8 heteroatoms. The van der Waals surface area contributed by atoms with Crippen LogP contribution in [-0.4, -0.2) is 55.1 Å². The van der Waals surface area contributed by atoms with Crippen LogP contribution in [0.1, 0.15) is 25.7 Å². The summed E-state index contributed by atoms with van der Waals surface area (Å²) in [7, 11) is 0. The van der Waals surface area contributed by atoms with Crippen LogP contribution in [0.25, 0.3) is 0 Å². The van der Waals surface area contributed by atoms with Crippen molar-refractivity contribution >= 4 is 11.8 Å². The molecule has 5 nitrogen and oxygen atoms in total. The van der Waals surface area contributed by atoms with Gasteiger partial charge in [-0.05, 0) is 38.3 Å². The standard InChI is InChI=1S/C13H20F3N3O2/c14-13(15,16)8-19-6-4-10(12(19)21)18-11(20)2-1-9-3-5-17-7-9/h9-10,17H,1-8H2,(H,18,20). The number of amides is 2. The molecule has 0 bridgehead atoms. The third-order valence-electron chi connectivity index (χ3n) is 3.94. The molecule has 2 amide bonds. The molecule has 120 valence electrons. The number of alkyl halides is 3. The highest BCUT2D eigenvalue weighted by Crippen LogP contribution is 2.21. The Balaban J connectivity index is 1.72. The summed E-state index contributed by atoms with van der Waals surface area (Å²) in [5.74, 6) is -0.422. The highest BCUT2D eigenvalue weighted by atomic mass is 19.4. The number of hydrogen-bond donors (Lipinski definition) is 2. The van der Waals surface area contributed by atoms with Crippen molar-refractivity contribution in [2.45, 2.75) is 37.9 Å². The lowest BCUT2D eigenvalue weighted by Crippen LogP contribution is -2.43. The van der Waals surface area contributed by atoms with Crippen LogP contribution in [0.2, 0.25) is 0 Å². The van der Waals surface area contributed by atoms with Crippen LogP contribution in [0.3, 0.4) is 0 Å². The first kappa shape index (κ1) is 16.1. The molecule has 2 N–H and O–H groups in total. The highest BCUT2D eigenvalue weighted by molar-refractivity contribution is 5.89. The van der Waals surface area contributed by atoms with Gasteiger partial charge in [0.1, 0.15) is 12.6 Å². The third kappa shape index (κ3) is 4.87. The Morgan fingerprint density at radius 2 is 2.14 bits per heavy atom. The smallest absolute Gasteiger partial charge is 0.344 e. The summed E-state index contributed by atoms with van der Waals surface area (Å²) in [6.45, 7) is 0.649. The van der Waals surface area contributed by atoms with E-state index >= 15 is 0 Å². The summed E-state index contributed by atoms with van der Waals surface area (Å²) in [5, 5.41) is 5.76. The minimum absolute atomic E-state index is 0.0375. The monoisotopic (exact) mass is 307 g/mol. The van der Waals surface area contributed by atoms with E-state index in [4.69, 9.17) is 0 Å². The Bertz CT molecular complexity index is 395. The normalized spacial score (nSPS) is 26.4. The molecule has 21 heavy (non-hydrogen) atoms. The van der Waals surface area contributed by atoms with Gasteiger partial charge in [-0.15, -0.1) is 0 Å². The second-order valence-electron chi connectivity index (χ2n) is 5.68. The zero-order valence-corrected chi connectivity index (χ0v) is 11.7. The molecule has 2 atom stereocenters. The lowest BCUT2D eigenvalue weighted by molar-refractivity contribution is -0.158. The molecule has 0 aromatic rings. The van der Waals surface area contributed by atoms with Crippen molar-refractivity contribution in [3.63, 3.8) is 0 Å². The summed E-state index contributed by atoms with van der Waals surface area (Å²) in [5.41, 5.74) is 0. The number of carbonyl (C=O) groups is 2.